The van der Waals surface area contributed by atoms with Gasteiger partial charge in [-0.15, -0.1) is 0 Å². The zero-order valence-electron chi connectivity index (χ0n) is 20.4. The van der Waals surface area contributed by atoms with Crippen LogP contribution in [0.2, 0.25) is 0 Å². The monoisotopic (exact) mass is 474 g/mol. The maximum atomic E-state index is 5.73. The van der Waals surface area contributed by atoms with Gasteiger partial charge in [-0.25, -0.2) is 0 Å². The SMILES string of the molecule is CC(C)c1cc(NC(=S)NC2CCCCC2)cc(C(C)C)c1NC(=S)NC1CCCCC1. The number of anilines is 2. The highest BCUT2D eigenvalue weighted by atomic mass is 32.1. The van der Waals surface area contributed by atoms with Gasteiger partial charge in [0.15, 0.2) is 10.2 Å². The van der Waals surface area contributed by atoms with Crippen LogP contribution in [0, 0.1) is 0 Å². The molecule has 0 unspecified atom stereocenters. The Balaban J connectivity index is 1.75. The first kappa shape index (κ1) is 25.2. The molecule has 0 aliphatic heterocycles. The lowest BCUT2D eigenvalue weighted by atomic mass is 9.91. The molecule has 0 bridgehead atoms. The van der Waals surface area contributed by atoms with E-state index in [-0.39, 0.29) is 0 Å². The molecule has 2 saturated carbocycles. The Morgan fingerprint density at radius 2 is 1.09 bits per heavy atom. The van der Waals surface area contributed by atoms with Gasteiger partial charge in [0.25, 0.3) is 0 Å². The summed E-state index contributed by atoms with van der Waals surface area (Å²) < 4.78 is 0. The number of hydrogen-bond donors (Lipinski definition) is 4. The highest BCUT2D eigenvalue weighted by molar-refractivity contribution is 7.80. The minimum atomic E-state index is 0.370. The summed E-state index contributed by atoms with van der Waals surface area (Å²) in [6.07, 6.45) is 12.7. The lowest BCUT2D eigenvalue weighted by molar-refractivity contribution is 0.414. The Labute approximate surface area is 206 Å². The molecule has 0 heterocycles. The first-order chi connectivity index (χ1) is 15.3. The summed E-state index contributed by atoms with van der Waals surface area (Å²) in [5, 5.41) is 15.6. The van der Waals surface area contributed by atoms with Crippen molar-refractivity contribution < 1.29 is 0 Å². The summed E-state index contributed by atoms with van der Waals surface area (Å²) >= 11 is 11.4. The molecule has 2 aliphatic rings. The lowest BCUT2D eigenvalue weighted by Crippen LogP contribution is -2.39. The molecule has 0 amide bonds. The smallest absolute Gasteiger partial charge is 0.171 e. The Bertz CT molecular complexity index is 749. The predicted molar refractivity (Wildman–Crippen MR) is 147 cm³/mol. The van der Waals surface area contributed by atoms with E-state index in [9.17, 15) is 0 Å². The van der Waals surface area contributed by atoms with Crippen molar-refractivity contribution in [2.75, 3.05) is 10.6 Å². The second-order valence-electron chi connectivity index (χ2n) is 10.2. The summed E-state index contributed by atoms with van der Waals surface area (Å²) in [7, 11) is 0. The van der Waals surface area contributed by atoms with Crippen molar-refractivity contribution in [3.05, 3.63) is 23.3 Å². The Hall–Kier alpha value is -1.40. The van der Waals surface area contributed by atoms with Gasteiger partial charge in [0.1, 0.15) is 0 Å². The first-order valence-electron chi connectivity index (χ1n) is 12.7. The van der Waals surface area contributed by atoms with Crippen LogP contribution < -0.4 is 21.3 Å². The summed E-state index contributed by atoms with van der Waals surface area (Å²) in [4.78, 5) is 0. The number of hydrogen-bond acceptors (Lipinski definition) is 2. The molecule has 4 N–H and O–H groups in total. The van der Waals surface area contributed by atoms with E-state index in [0.29, 0.717) is 23.9 Å². The molecule has 0 radical (unpaired) electrons. The van der Waals surface area contributed by atoms with E-state index in [1.54, 1.807) is 0 Å². The van der Waals surface area contributed by atoms with Crippen molar-refractivity contribution in [3.63, 3.8) is 0 Å². The van der Waals surface area contributed by atoms with Crippen LogP contribution in [-0.4, -0.2) is 22.3 Å². The fourth-order valence-corrected chi connectivity index (χ4v) is 5.55. The number of benzene rings is 1. The molecule has 6 heteroatoms. The van der Waals surface area contributed by atoms with E-state index in [4.69, 9.17) is 24.4 Å². The summed E-state index contributed by atoms with van der Waals surface area (Å²) in [6, 6.07) is 5.47. The highest BCUT2D eigenvalue weighted by Crippen LogP contribution is 2.36. The Kier molecular flexibility index (Phi) is 9.60. The molecule has 0 atom stereocenters. The maximum absolute atomic E-state index is 5.73. The summed E-state index contributed by atoms with van der Waals surface area (Å²) in [6.45, 7) is 8.96. The van der Waals surface area contributed by atoms with Gasteiger partial charge in [-0.3, -0.25) is 0 Å². The quantitative estimate of drug-likeness (QED) is 0.328. The second-order valence-corrected chi connectivity index (χ2v) is 11.0. The third kappa shape index (κ3) is 7.31. The van der Waals surface area contributed by atoms with Crippen molar-refractivity contribution >= 4 is 46.0 Å². The molecule has 2 aliphatic carbocycles. The first-order valence-corrected chi connectivity index (χ1v) is 13.5. The average molecular weight is 475 g/mol. The molecule has 4 nitrogen and oxygen atoms in total. The number of thiocarbonyl (C=S) groups is 2. The molecule has 0 spiro atoms. The van der Waals surface area contributed by atoms with E-state index in [0.717, 1.165) is 21.6 Å². The van der Waals surface area contributed by atoms with Crippen LogP contribution in [-0.2, 0) is 0 Å². The van der Waals surface area contributed by atoms with Crippen molar-refractivity contribution in [1.29, 1.82) is 0 Å². The molecule has 178 valence electrons. The van der Waals surface area contributed by atoms with Crippen LogP contribution in [0.3, 0.4) is 0 Å². The molecular weight excluding hydrogens is 432 g/mol. The minimum absolute atomic E-state index is 0.370. The Morgan fingerprint density at radius 1 is 0.688 bits per heavy atom. The molecule has 2 fully saturated rings. The molecule has 1 aromatic carbocycles. The van der Waals surface area contributed by atoms with Gasteiger partial charge in [0, 0.05) is 23.5 Å². The van der Waals surface area contributed by atoms with Gasteiger partial charge in [-0.05, 0) is 85.2 Å². The van der Waals surface area contributed by atoms with Crippen LogP contribution in [0.15, 0.2) is 12.1 Å². The van der Waals surface area contributed by atoms with Crippen molar-refractivity contribution in [1.82, 2.24) is 10.6 Å². The normalized spacial score (nSPS) is 17.9. The maximum Gasteiger partial charge on any atom is 0.171 e. The standard InChI is InChI=1S/C26H42N4S2/c1-17(2)22-15-21(29-25(31)27-19-11-7-5-8-12-19)16-23(18(3)4)24(22)30-26(32)28-20-13-9-6-10-14-20/h15-20H,5-14H2,1-4H3,(H2,27,29,31)(H2,28,30,32). The average Bonchev–Trinajstić information content (AvgIpc) is 2.75. The van der Waals surface area contributed by atoms with Crippen molar-refractivity contribution in [3.8, 4) is 0 Å². The lowest BCUT2D eigenvalue weighted by Gasteiger charge is -2.28. The highest BCUT2D eigenvalue weighted by Gasteiger charge is 2.20. The van der Waals surface area contributed by atoms with Gasteiger partial charge in [-0.1, -0.05) is 66.2 Å². The molecular formula is C26H42N4S2. The van der Waals surface area contributed by atoms with Crippen LogP contribution in [0.4, 0.5) is 11.4 Å². The van der Waals surface area contributed by atoms with Crippen LogP contribution in [0.25, 0.3) is 0 Å². The second kappa shape index (κ2) is 12.2. The zero-order valence-corrected chi connectivity index (χ0v) is 22.0. The zero-order chi connectivity index (χ0) is 23.1. The van der Waals surface area contributed by atoms with Gasteiger partial charge in [0.2, 0.25) is 0 Å². The van der Waals surface area contributed by atoms with Gasteiger partial charge < -0.3 is 21.3 Å². The topological polar surface area (TPSA) is 48.1 Å². The van der Waals surface area contributed by atoms with E-state index in [1.165, 1.54) is 75.3 Å². The summed E-state index contributed by atoms with van der Waals surface area (Å²) in [5.41, 5.74) is 4.75. The molecule has 1 aromatic rings. The van der Waals surface area contributed by atoms with E-state index >= 15 is 0 Å². The van der Waals surface area contributed by atoms with Gasteiger partial charge in [0.05, 0.1) is 0 Å². The van der Waals surface area contributed by atoms with E-state index in [2.05, 4.69) is 61.1 Å². The fourth-order valence-electron chi connectivity index (χ4n) is 5.00. The number of rotatable bonds is 6. The third-order valence-electron chi connectivity index (χ3n) is 6.82. The van der Waals surface area contributed by atoms with E-state index < -0.39 is 0 Å². The van der Waals surface area contributed by atoms with Gasteiger partial charge >= 0.3 is 0 Å². The minimum Gasteiger partial charge on any atom is -0.360 e. The molecule has 0 saturated heterocycles. The predicted octanol–water partition coefficient (Wildman–Crippen LogP) is 7.17. The largest absolute Gasteiger partial charge is 0.360 e. The van der Waals surface area contributed by atoms with Crippen molar-refractivity contribution in [2.45, 2.75) is 116 Å². The fraction of sp³-hybridized carbons (Fsp3) is 0.692. The van der Waals surface area contributed by atoms with Crippen LogP contribution in [0.1, 0.15) is 115 Å². The van der Waals surface area contributed by atoms with Crippen molar-refractivity contribution in [2.24, 2.45) is 0 Å². The number of nitrogens with one attached hydrogen (secondary N) is 4. The van der Waals surface area contributed by atoms with E-state index in [1.807, 2.05) is 0 Å². The molecule has 0 aromatic heterocycles. The van der Waals surface area contributed by atoms with Crippen LogP contribution >= 0.6 is 24.4 Å². The third-order valence-corrected chi connectivity index (χ3v) is 7.26. The van der Waals surface area contributed by atoms with Crippen LogP contribution in [0.5, 0.6) is 0 Å². The Morgan fingerprint density at radius 3 is 1.50 bits per heavy atom. The summed E-state index contributed by atoms with van der Waals surface area (Å²) in [5.74, 6) is 0.739. The van der Waals surface area contributed by atoms with Gasteiger partial charge in [-0.2, -0.15) is 0 Å². The molecule has 32 heavy (non-hydrogen) atoms. The molecule has 3 rings (SSSR count).